The van der Waals surface area contributed by atoms with Gasteiger partial charge in [0.05, 0.1) is 0 Å². The molecule has 0 unspecified atom stereocenters. The number of Topliss-reactive ketones (excluding diaryl/α,β-unsaturated/α-hetero) is 1. The Morgan fingerprint density at radius 3 is 1.58 bits per heavy atom. The average Bonchev–Trinajstić information content (AvgIpc) is 2.30. The number of hydrogen-bond acceptors (Lipinski definition) is 3. The number of carboxylic acids is 2. The molecule has 0 bridgehead atoms. The summed E-state index contributed by atoms with van der Waals surface area (Å²) in [4.78, 5) is 31.8. The van der Waals surface area contributed by atoms with Gasteiger partial charge in [-0.25, -0.2) is 0 Å². The summed E-state index contributed by atoms with van der Waals surface area (Å²) >= 11 is 0. The summed E-state index contributed by atoms with van der Waals surface area (Å²) in [6.45, 7) is 0. The Morgan fingerprint density at radius 2 is 1.42 bits per heavy atom. The van der Waals surface area contributed by atoms with E-state index < -0.39 is 29.6 Å². The lowest BCUT2D eigenvalue weighted by Crippen LogP contribution is -2.25. The Labute approximate surface area is 68.0 Å². The monoisotopic (exact) mass is 172 g/mol. The highest BCUT2D eigenvalue weighted by Crippen LogP contribution is 2.27. The first-order valence-electron chi connectivity index (χ1n) is 3.53. The van der Waals surface area contributed by atoms with E-state index in [1.807, 2.05) is 0 Å². The van der Waals surface area contributed by atoms with E-state index in [2.05, 4.69) is 0 Å². The summed E-state index contributed by atoms with van der Waals surface area (Å²) in [5, 5.41) is 16.9. The second-order valence-corrected chi connectivity index (χ2v) is 2.76. The normalized spacial score (nSPS) is 28.8. The van der Waals surface area contributed by atoms with Crippen LogP contribution in [0.4, 0.5) is 0 Å². The van der Waals surface area contributed by atoms with Crippen molar-refractivity contribution in [2.45, 2.75) is 12.8 Å². The van der Waals surface area contributed by atoms with E-state index in [0.29, 0.717) is 0 Å². The average molecular weight is 172 g/mol. The molecule has 2 N–H and O–H groups in total. The van der Waals surface area contributed by atoms with Gasteiger partial charge in [-0.2, -0.15) is 0 Å². The molecule has 5 nitrogen and oxygen atoms in total. The molecule has 0 amide bonds. The number of carbonyl (C=O) groups is 3. The van der Waals surface area contributed by atoms with Gasteiger partial charge in [-0.3, -0.25) is 14.4 Å². The zero-order valence-corrected chi connectivity index (χ0v) is 6.19. The Kier molecular flexibility index (Phi) is 2.12. The molecule has 0 spiro atoms. The van der Waals surface area contributed by atoms with E-state index in [1.165, 1.54) is 0 Å². The highest BCUT2D eigenvalue weighted by atomic mass is 16.4. The number of rotatable bonds is 2. The first-order valence-corrected chi connectivity index (χ1v) is 3.53. The van der Waals surface area contributed by atoms with Crippen LogP contribution in [0.2, 0.25) is 0 Å². The minimum absolute atomic E-state index is 0.144. The van der Waals surface area contributed by atoms with Crippen LogP contribution >= 0.6 is 0 Å². The Balaban J connectivity index is 2.74. The van der Waals surface area contributed by atoms with E-state index >= 15 is 0 Å². The first-order chi connectivity index (χ1) is 5.54. The van der Waals surface area contributed by atoms with E-state index in [0.717, 1.165) is 0 Å². The molecule has 0 heterocycles. The van der Waals surface area contributed by atoms with E-state index in [1.54, 1.807) is 0 Å². The molecule has 12 heavy (non-hydrogen) atoms. The SMILES string of the molecule is O=C(O)[C@H]1CC[C@H](C(=O)O)C1=O. The highest BCUT2D eigenvalue weighted by Gasteiger charge is 2.42. The van der Waals surface area contributed by atoms with Crippen LogP contribution in [0.1, 0.15) is 12.8 Å². The quantitative estimate of drug-likeness (QED) is 0.560. The first kappa shape index (κ1) is 8.70. The number of ketones is 1. The van der Waals surface area contributed by atoms with Crippen molar-refractivity contribution >= 4 is 17.7 Å². The van der Waals surface area contributed by atoms with Gasteiger partial charge in [0.1, 0.15) is 11.8 Å². The summed E-state index contributed by atoms with van der Waals surface area (Å²) in [6.07, 6.45) is 0.288. The molecule has 1 fully saturated rings. The number of hydrogen-bond donors (Lipinski definition) is 2. The number of carbonyl (C=O) groups excluding carboxylic acids is 1. The molecule has 0 aromatic carbocycles. The summed E-state index contributed by atoms with van der Waals surface area (Å²) in [7, 11) is 0. The fraction of sp³-hybridized carbons (Fsp3) is 0.571. The fourth-order valence-electron chi connectivity index (χ4n) is 1.35. The molecule has 0 aromatic rings. The predicted octanol–water partition coefficient (Wildman–Crippen LogP) is -0.249. The van der Waals surface area contributed by atoms with Crippen LogP contribution in [0.3, 0.4) is 0 Å². The molecule has 0 radical (unpaired) electrons. The minimum atomic E-state index is -1.22. The van der Waals surface area contributed by atoms with Crippen molar-refractivity contribution in [3.05, 3.63) is 0 Å². The zero-order chi connectivity index (χ0) is 9.30. The van der Waals surface area contributed by atoms with Gasteiger partial charge in [0.2, 0.25) is 0 Å². The maximum absolute atomic E-state index is 11.0. The second kappa shape index (κ2) is 2.92. The summed E-state index contributed by atoms with van der Waals surface area (Å²) < 4.78 is 0. The van der Waals surface area contributed by atoms with Gasteiger partial charge in [0, 0.05) is 0 Å². The topological polar surface area (TPSA) is 91.7 Å². The van der Waals surface area contributed by atoms with Crippen LogP contribution in [0, 0.1) is 11.8 Å². The molecular formula is C7H8O5. The van der Waals surface area contributed by atoms with Gasteiger partial charge < -0.3 is 10.2 Å². The summed E-state index contributed by atoms with van der Waals surface area (Å²) in [5.74, 6) is -5.32. The molecule has 1 saturated carbocycles. The van der Waals surface area contributed by atoms with Crippen molar-refractivity contribution in [3.8, 4) is 0 Å². The van der Waals surface area contributed by atoms with Crippen LogP contribution in [-0.4, -0.2) is 27.9 Å². The lowest BCUT2D eigenvalue weighted by Gasteiger charge is -2.01. The molecular weight excluding hydrogens is 164 g/mol. The minimum Gasteiger partial charge on any atom is -0.481 e. The number of aliphatic carboxylic acids is 2. The molecule has 1 aliphatic carbocycles. The van der Waals surface area contributed by atoms with E-state index in [9.17, 15) is 14.4 Å². The Bertz CT molecular complexity index is 220. The molecule has 5 heteroatoms. The van der Waals surface area contributed by atoms with Gasteiger partial charge in [0.15, 0.2) is 5.78 Å². The van der Waals surface area contributed by atoms with Crippen molar-refractivity contribution in [2.75, 3.05) is 0 Å². The molecule has 0 aliphatic heterocycles. The standard InChI is InChI=1S/C7H8O5/c8-5-3(6(9)10)1-2-4(5)7(11)12/h3-4H,1-2H2,(H,9,10)(H,11,12)/t3-,4-/m0/s1. The number of carboxylic acid groups (broad SMARTS) is 2. The molecule has 0 saturated heterocycles. The van der Waals surface area contributed by atoms with Crippen LogP contribution < -0.4 is 0 Å². The molecule has 1 rings (SSSR count). The van der Waals surface area contributed by atoms with Crippen LogP contribution in [0.5, 0.6) is 0 Å². The zero-order valence-electron chi connectivity index (χ0n) is 6.19. The molecule has 2 atom stereocenters. The molecule has 66 valence electrons. The van der Waals surface area contributed by atoms with Crippen LogP contribution in [0.25, 0.3) is 0 Å². The van der Waals surface area contributed by atoms with Crippen molar-refractivity contribution in [2.24, 2.45) is 11.8 Å². The van der Waals surface area contributed by atoms with E-state index in [-0.39, 0.29) is 12.8 Å². The smallest absolute Gasteiger partial charge is 0.314 e. The largest absolute Gasteiger partial charge is 0.481 e. The van der Waals surface area contributed by atoms with Crippen molar-refractivity contribution in [1.82, 2.24) is 0 Å². The summed E-state index contributed by atoms with van der Waals surface area (Å²) in [6, 6.07) is 0. The van der Waals surface area contributed by atoms with Gasteiger partial charge in [-0.05, 0) is 12.8 Å². The Hall–Kier alpha value is -1.39. The molecule has 0 aromatic heterocycles. The van der Waals surface area contributed by atoms with Crippen molar-refractivity contribution in [1.29, 1.82) is 0 Å². The fourth-order valence-corrected chi connectivity index (χ4v) is 1.35. The van der Waals surface area contributed by atoms with Crippen molar-refractivity contribution in [3.63, 3.8) is 0 Å². The van der Waals surface area contributed by atoms with E-state index in [4.69, 9.17) is 10.2 Å². The van der Waals surface area contributed by atoms with Crippen LogP contribution in [0.15, 0.2) is 0 Å². The highest BCUT2D eigenvalue weighted by molar-refractivity contribution is 6.09. The lowest BCUT2D eigenvalue weighted by atomic mass is 10.0. The maximum atomic E-state index is 11.0. The lowest BCUT2D eigenvalue weighted by molar-refractivity contribution is -0.148. The Morgan fingerprint density at radius 1 is 1.08 bits per heavy atom. The van der Waals surface area contributed by atoms with Crippen molar-refractivity contribution < 1.29 is 24.6 Å². The molecule has 1 aliphatic rings. The second-order valence-electron chi connectivity index (χ2n) is 2.76. The third-order valence-electron chi connectivity index (χ3n) is 2.03. The van der Waals surface area contributed by atoms with Gasteiger partial charge in [0.25, 0.3) is 0 Å². The van der Waals surface area contributed by atoms with Gasteiger partial charge in [-0.15, -0.1) is 0 Å². The van der Waals surface area contributed by atoms with Crippen LogP contribution in [-0.2, 0) is 14.4 Å². The third-order valence-corrected chi connectivity index (χ3v) is 2.03. The predicted molar refractivity (Wildman–Crippen MR) is 36.5 cm³/mol. The third kappa shape index (κ3) is 1.30. The van der Waals surface area contributed by atoms with Gasteiger partial charge >= 0.3 is 11.9 Å². The maximum Gasteiger partial charge on any atom is 0.314 e. The summed E-state index contributed by atoms with van der Waals surface area (Å²) in [5.41, 5.74) is 0. The van der Waals surface area contributed by atoms with Gasteiger partial charge in [-0.1, -0.05) is 0 Å².